The number of hydrogen-bond acceptors (Lipinski definition) is 3. The van der Waals surface area contributed by atoms with Crippen LogP contribution < -0.4 is 5.73 Å². The molecule has 20 heavy (non-hydrogen) atoms. The average Bonchev–Trinajstić information content (AvgIpc) is 2.40. The van der Waals surface area contributed by atoms with Crippen molar-refractivity contribution in [2.24, 2.45) is 17.1 Å². The van der Waals surface area contributed by atoms with Crippen LogP contribution in [0.3, 0.4) is 0 Å². The summed E-state index contributed by atoms with van der Waals surface area (Å²) in [5.41, 5.74) is 5.25. The Labute approximate surface area is 127 Å². The van der Waals surface area contributed by atoms with E-state index in [0.717, 1.165) is 12.8 Å². The highest BCUT2D eigenvalue weighted by molar-refractivity contribution is 7.80. The van der Waals surface area contributed by atoms with Crippen molar-refractivity contribution < 1.29 is 9.90 Å². The van der Waals surface area contributed by atoms with Crippen molar-refractivity contribution in [3.63, 3.8) is 0 Å². The summed E-state index contributed by atoms with van der Waals surface area (Å²) < 4.78 is 0. The van der Waals surface area contributed by atoms with Crippen molar-refractivity contribution in [1.29, 1.82) is 0 Å². The van der Waals surface area contributed by atoms with Gasteiger partial charge >= 0.3 is 0 Å². The molecule has 5 heteroatoms. The zero-order valence-electron chi connectivity index (χ0n) is 12.9. The van der Waals surface area contributed by atoms with Crippen LogP contribution in [0.5, 0.6) is 0 Å². The Hall–Kier alpha value is -0.680. The van der Waals surface area contributed by atoms with Crippen molar-refractivity contribution in [2.45, 2.75) is 59.0 Å². The largest absolute Gasteiger partial charge is 0.393 e. The highest BCUT2D eigenvalue weighted by Crippen LogP contribution is 2.34. The molecule has 1 rings (SSSR count). The lowest BCUT2D eigenvalue weighted by molar-refractivity contribution is -0.142. The molecular formula is C15H28N2O2S. The summed E-state index contributed by atoms with van der Waals surface area (Å²) in [6.07, 6.45) is 3.52. The van der Waals surface area contributed by atoms with Crippen molar-refractivity contribution in [1.82, 2.24) is 4.90 Å². The summed E-state index contributed by atoms with van der Waals surface area (Å²) in [6.45, 7) is 7.28. The number of likely N-dealkylation sites (tertiary alicyclic amines) is 1. The quantitative estimate of drug-likeness (QED) is 0.737. The Kier molecular flexibility index (Phi) is 6.40. The number of piperidine rings is 1. The fourth-order valence-corrected chi connectivity index (χ4v) is 3.46. The average molecular weight is 300 g/mol. The molecule has 1 saturated heterocycles. The van der Waals surface area contributed by atoms with Crippen LogP contribution in [0.15, 0.2) is 0 Å². The maximum Gasteiger partial charge on any atom is 0.235 e. The molecule has 2 unspecified atom stereocenters. The second kappa shape index (κ2) is 7.36. The van der Waals surface area contributed by atoms with E-state index >= 15 is 0 Å². The van der Waals surface area contributed by atoms with Gasteiger partial charge in [-0.1, -0.05) is 45.8 Å². The molecule has 0 spiro atoms. The molecule has 1 aliphatic heterocycles. The number of carbonyl (C=O) groups is 1. The summed E-state index contributed by atoms with van der Waals surface area (Å²) in [7, 11) is 0. The molecule has 3 N–H and O–H groups in total. The summed E-state index contributed by atoms with van der Waals surface area (Å²) in [5.74, 6) is 0.174. The van der Waals surface area contributed by atoms with Gasteiger partial charge in [0.15, 0.2) is 0 Å². The molecule has 0 aromatic rings. The number of rotatable bonds is 6. The summed E-state index contributed by atoms with van der Waals surface area (Å²) in [5, 5.41) is 9.81. The molecule has 2 atom stereocenters. The molecule has 116 valence electrons. The monoisotopic (exact) mass is 300 g/mol. The van der Waals surface area contributed by atoms with E-state index in [0.29, 0.717) is 37.3 Å². The Morgan fingerprint density at radius 1 is 1.40 bits per heavy atom. The van der Waals surface area contributed by atoms with Crippen molar-refractivity contribution in [2.75, 3.05) is 13.1 Å². The Balaban J connectivity index is 2.95. The van der Waals surface area contributed by atoms with Gasteiger partial charge in [0.25, 0.3) is 0 Å². The molecule has 1 heterocycles. The molecule has 0 bridgehead atoms. The molecule has 1 amide bonds. The molecule has 1 aliphatic rings. The summed E-state index contributed by atoms with van der Waals surface area (Å²) in [4.78, 5) is 15.1. The SMILES string of the molecule is CCCC(CCC)(C(=O)N1CCC(O)C(C)C1)C(N)=S. The van der Waals surface area contributed by atoms with Gasteiger partial charge in [-0.2, -0.15) is 0 Å². The van der Waals surface area contributed by atoms with Gasteiger partial charge in [0.2, 0.25) is 5.91 Å². The van der Waals surface area contributed by atoms with Crippen molar-refractivity contribution >= 4 is 23.1 Å². The lowest BCUT2D eigenvalue weighted by Crippen LogP contribution is -2.54. The van der Waals surface area contributed by atoms with Gasteiger partial charge in [-0.25, -0.2) is 0 Å². The van der Waals surface area contributed by atoms with E-state index in [4.69, 9.17) is 18.0 Å². The number of thiocarbonyl (C=S) groups is 1. The lowest BCUT2D eigenvalue weighted by atomic mass is 9.77. The smallest absolute Gasteiger partial charge is 0.235 e. The third-order valence-corrected chi connectivity index (χ3v) is 4.77. The summed E-state index contributed by atoms with van der Waals surface area (Å²) in [6, 6.07) is 0. The van der Waals surface area contributed by atoms with Crippen LogP contribution in [0.4, 0.5) is 0 Å². The second-order valence-electron chi connectivity index (χ2n) is 6.03. The number of carbonyl (C=O) groups excluding carboxylic acids is 1. The molecule has 0 aliphatic carbocycles. The minimum Gasteiger partial charge on any atom is -0.393 e. The molecule has 0 radical (unpaired) electrons. The van der Waals surface area contributed by atoms with E-state index in [2.05, 4.69) is 13.8 Å². The zero-order chi connectivity index (χ0) is 15.3. The lowest BCUT2D eigenvalue weighted by Gasteiger charge is -2.41. The van der Waals surface area contributed by atoms with E-state index in [1.165, 1.54) is 0 Å². The first-order valence-corrected chi connectivity index (χ1v) is 8.07. The Morgan fingerprint density at radius 3 is 2.35 bits per heavy atom. The maximum absolute atomic E-state index is 13.0. The molecule has 4 nitrogen and oxygen atoms in total. The Bertz CT molecular complexity index is 354. The number of hydrogen-bond donors (Lipinski definition) is 2. The fourth-order valence-electron chi connectivity index (χ4n) is 3.16. The second-order valence-corrected chi connectivity index (χ2v) is 6.47. The van der Waals surface area contributed by atoms with Crippen molar-refractivity contribution in [3.8, 4) is 0 Å². The minimum atomic E-state index is -0.694. The topological polar surface area (TPSA) is 66.6 Å². The standard InChI is InChI=1S/C15H28N2O2S/c1-4-7-15(8-5-2,13(16)20)14(19)17-9-6-12(18)11(3)10-17/h11-12,18H,4-10H2,1-3H3,(H2,16,20). The minimum absolute atomic E-state index is 0.0625. The van der Waals surface area contributed by atoms with Gasteiger partial charge in [0, 0.05) is 13.1 Å². The van der Waals surface area contributed by atoms with Gasteiger partial charge in [-0.15, -0.1) is 0 Å². The number of aliphatic hydroxyl groups is 1. The normalized spacial score (nSPS) is 23.7. The predicted octanol–water partition coefficient (Wildman–Crippen LogP) is 2.09. The first-order valence-electron chi connectivity index (χ1n) is 7.66. The van der Waals surface area contributed by atoms with E-state index in [1.54, 1.807) is 0 Å². The van der Waals surface area contributed by atoms with Gasteiger partial charge in [0.05, 0.1) is 16.5 Å². The van der Waals surface area contributed by atoms with Crippen LogP contribution in [0.1, 0.15) is 52.9 Å². The molecule has 1 fully saturated rings. The maximum atomic E-state index is 13.0. The van der Waals surface area contributed by atoms with Crippen LogP contribution in [0.25, 0.3) is 0 Å². The van der Waals surface area contributed by atoms with Crippen LogP contribution in [0.2, 0.25) is 0 Å². The molecule has 0 saturated carbocycles. The third kappa shape index (κ3) is 3.50. The Morgan fingerprint density at radius 2 is 1.95 bits per heavy atom. The van der Waals surface area contributed by atoms with E-state index < -0.39 is 5.41 Å². The number of aliphatic hydroxyl groups excluding tert-OH is 1. The van der Waals surface area contributed by atoms with Crippen LogP contribution in [-0.4, -0.2) is 40.1 Å². The molecule has 0 aromatic heterocycles. The van der Waals surface area contributed by atoms with Gasteiger partial charge in [-0.3, -0.25) is 4.79 Å². The fraction of sp³-hybridized carbons (Fsp3) is 0.867. The first kappa shape index (κ1) is 17.4. The zero-order valence-corrected chi connectivity index (χ0v) is 13.7. The van der Waals surface area contributed by atoms with Crippen LogP contribution in [-0.2, 0) is 4.79 Å². The van der Waals surface area contributed by atoms with Gasteiger partial charge in [0.1, 0.15) is 0 Å². The van der Waals surface area contributed by atoms with Gasteiger partial charge < -0.3 is 15.7 Å². The van der Waals surface area contributed by atoms with E-state index in [1.807, 2.05) is 11.8 Å². The van der Waals surface area contributed by atoms with Crippen LogP contribution in [0, 0.1) is 11.3 Å². The van der Waals surface area contributed by atoms with Gasteiger partial charge in [-0.05, 0) is 25.2 Å². The highest BCUT2D eigenvalue weighted by atomic mass is 32.1. The summed E-state index contributed by atoms with van der Waals surface area (Å²) >= 11 is 5.24. The third-order valence-electron chi connectivity index (χ3n) is 4.38. The first-order chi connectivity index (χ1) is 9.39. The number of nitrogens with two attached hydrogens (primary N) is 1. The van der Waals surface area contributed by atoms with E-state index in [9.17, 15) is 9.90 Å². The van der Waals surface area contributed by atoms with Crippen molar-refractivity contribution in [3.05, 3.63) is 0 Å². The predicted molar refractivity (Wildman–Crippen MR) is 85.4 cm³/mol. The molecular weight excluding hydrogens is 272 g/mol. The highest BCUT2D eigenvalue weighted by Gasteiger charge is 2.43. The number of amides is 1. The van der Waals surface area contributed by atoms with E-state index in [-0.39, 0.29) is 17.9 Å². The molecule has 0 aromatic carbocycles. The van der Waals surface area contributed by atoms with Crippen LogP contribution >= 0.6 is 12.2 Å². The number of nitrogens with zero attached hydrogens (tertiary/aromatic N) is 1.